The standard InChI is InChI=1S/C23H26ClN5O4/c1-29(2)15-7-4-13(5-8-15)22(30)28-20-19-16(9-11-18(27-19)32-3)33-21(20)23(31)26-17-10-6-14(24)12-25-17/h6,9-13,15H,4-5,7-8H2,1-3H3,(H,28,30)(H,25,26,31)/t13-,15-. The van der Waals surface area contributed by atoms with E-state index < -0.39 is 5.91 Å². The average molecular weight is 472 g/mol. The molecular weight excluding hydrogens is 446 g/mol. The van der Waals surface area contributed by atoms with Crippen molar-refractivity contribution in [3.05, 3.63) is 41.2 Å². The molecule has 0 bridgehead atoms. The molecule has 1 aliphatic carbocycles. The van der Waals surface area contributed by atoms with Gasteiger partial charge in [0.2, 0.25) is 17.5 Å². The van der Waals surface area contributed by atoms with Crippen LogP contribution in [0.25, 0.3) is 11.1 Å². The van der Waals surface area contributed by atoms with Crippen LogP contribution < -0.4 is 15.4 Å². The van der Waals surface area contributed by atoms with Gasteiger partial charge in [0.25, 0.3) is 5.91 Å². The maximum absolute atomic E-state index is 13.1. The lowest BCUT2D eigenvalue weighted by atomic mass is 9.85. The van der Waals surface area contributed by atoms with E-state index in [4.69, 9.17) is 20.8 Å². The number of hydrogen-bond acceptors (Lipinski definition) is 7. The number of nitrogens with one attached hydrogen (secondary N) is 2. The molecule has 9 nitrogen and oxygen atoms in total. The number of anilines is 2. The minimum absolute atomic E-state index is 0.0576. The minimum atomic E-state index is -0.562. The number of rotatable bonds is 6. The molecule has 1 aliphatic rings. The number of ether oxygens (including phenoxy) is 1. The molecule has 2 amide bonds. The topological polar surface area (TPSA) is 110 Å². The van der Waals surface area contributed by atoms with Crippen LogP contribution in [0, 0.1) is 5.92 Å². The predicted octanol–water partition coefficient (Wildman–Crippen LogP) is 4.20. The molecule has 3 aromatic rings. The van der Waals surface area contributed by atoms with E-state index in [1.165, 1.54) is 13.3 Å². The summed E-state index contributed by atoms with van der Waals surface area (Å²) in [4.78, 5) is 36.8. The van der Waals surface area contributed by atoms with E-state index in [1.54, 1.807) is 24.3 Å². The Morgan fingerprint density at radius 1 is 1.12 bits per heavy atom. The molecule has 0 radical (unpaired) electrons. The summed E-state index contributed by atoms with van der Waals surface area (Å²) in [5.41, 5.74) is 0.922. The largest absolute Gasteiger partial charge is 0.481 e. The molecule has 174 valence electrons. The van der Waals surface area contributed by atoms with Gasteiger partial charge >= 0.3 is 0 Å². The first kappa shape index (κ1) is 23.0. The zero-order chi connectivity index (χ0) is 23.5. The van der Waals surface area contributed by atoms with Gasteiger partial charge in [-0.25, -0.2) is 9.97 Å². The van der Waals surface area contributed by atoms with Crippen LogP contribution >= 0.6 is 11.6 Å². The molecule has 0 aliphatic heterocycles. The molecule has 3 aromatic heterocycles. The first-order chi connectivity index (χ1) is 15.9. The monoisotopic (exact) mass is 471 g/mol. The summed E-state index contributed by atoms with van der Waals surface area (Å²) in [5, 5.41) is 6.02. The normalized spacial score (nSPS) is 18.3. The van der Waals surface area contributed by atoms with E-state index in [0.29, 0.717) is 33.9 Å². The van der Waals surface area contributed by atoms with Crippen LogP contribution in [0.3, 0.4) is 0 Å². The van der Waals surface area contributed by atoms with E-state index in [9.17, 15) is 9.59 Å². The summed E-state index contributed by atoms with van der Waals surface area (Å²) >= 11 is 5.87. The summed E-state index contributed by atoms with van der Waals surface area (Å²) in [6.45, 7) is 0. The van der Waals surface area contributed by atoms with Crippen LogP contribution in [0.2, 0.25) is 5.02 Å². The third-order valence-electron chi connectivity index (χ3n) is 5.94. The van der Waals surface area contributed by atoms with Crippen molar-refractivity contribution in [1.82, 2.24) is 14.9 Å². The van der Waals surface area contributed by atoms with E-state index in [0.717, 1.165) is 25.7 Å². The number of amides is 2. The van der Waals surface area contributed by atoms with Crippen LogP contribution in [0.5, 0.6) is 5.88 Å². The lowest BCUT2D eigenvalue weighted by Crippen LogP contribution is -2.35. The lowest BCUT2D eigenvalue weighted by Gasteiger charge is -2.31. The van der Waals surface area contributed by atoms with E-state index in [1.807, 2.05) is 0 Å². The molecule has 4 rings (SSSR count). The molecule has 0 spiro atoms. The summed E-state index contributed by atoms with van der Waals surface area (Å²) in [6, 6.07) is 6.94. The predicted molar refractivity (Wildman–Crippen MR) is 126 cm³/mol. The Morgan fingerprint density at radius 3 is 2.52 bits per heavy atom. The lowest BCUT2D eigenvalue weighted by molar-refractivity contribution is -0.121. The molecule has 0 atom stereocenters. The van der Waals surface area contributed by atoms with Gasteiger partial charge in [-0.15, -0.1) is 0 Å². The molecule has 1 saturated carbocycles. The number of halogens is 1. The molecule has 3 heterocycles. The number of hydrogen-bond donors (Lipinski definition) is 2. The zero-order valence-corrected chi connectivity index (χ0v) is 19.5. The Labute approximate surface area is 196 Å². The second kappa shape index (κ2) is 9.76. The highest BCUT2D eigenvalue weighted by Crippen LogP contribution is 2.34. The third-order valence-corrected chi connectivity index (χ3v) is 6.16. The number of nitrogens with zero attached hydrogens (tertiary/aromatic N) is 3. The van der Waals surface area contributed by atoms with Crippen molar-refractivity contribution >= 4 is 46.0 Å². The fourth-order valence-corrected chi connectivity index (χ4v) is 4.16. The molecular formula is C23H26ClN5O4. The maximum atomic E-state index is 13.1. The van der Waals surface area contributed by atoms with Crippen molar-refractivity contribution < 1.29 is 18.7 Å². The Kier molecular flexibility index (Phi) is 6.80. The van der Waals surface area contributed by atoms with Gasteiger partial charge in [0.05, 0.1) is 12.1 Å². The smallest absolute Gasteiger partial charge is 0.294 e. The molecule has 2 N–H and O–H groups in total. The van der Waals surface area contributed by atoms with Gasteiger partial charge in [-0.05, 0) is 58.0 Å². The Hall–Kier alpha value is -3.17. The summed E-state index contributed by atoms with van der Waals surface area (Å²) in [5.74, 6) is -0.277. The van der Waals surface area contributed by atoms with E-state index >= 15 is 0 Å². The number of carbonyl (C=O) groups excluding carboxylic acids is 2. The number of carbonyl (C=O) groups is 2. The summed E-state index contributed by atoms with van der Waals surface area (Å²) in [7, 11) is 5.61. The Bertz CT molecular complexity index is 1150. The number of methoxy groups -OCH3 is 1. The molecule has 33 heavy (non-hydrogen) atoms. The molecule has 0 aromatic carbocycles. The minimum Gasteiger partial charge on any atom is -0.481 e. The quantitative estimate of drug-likeness (QED) is 0.554. The average Bonchev–Trinajstić information content (AvgIpc) is 3.18. The van der Waals surface area contributed by atoms with Crippen molar-refractivity contribution in [1.29, 1.82) is 0 Å². The molecule has 0 saturated heterocycles. The SMILES string of the molecule is COc1ccc2oc(C(=O)Nc3ccc(Cl)cn3)c(NC(=O)[C@H]3CC[C@H](N(C)C)CC3)c2n1. The van der Waals surface area contributed by atoms with Crippen LogP contribution in [0.1, 0.15) is 36.2 Å². The summed E-state index contributed by atoms with van der Waals surface area (Å²) < 4.78 is 11.0. The van der Waals surface area contributed by atoms with Crippen LogP contribution in [0.4, 0.5) is 11.5 Å². The highest BCUT2D eigenvalue weighted by atomic mass is 35.5. The third kappa shape index (κ3) is 5.09. The van der Waals surface area contributed by atoms with Crippen molar-refractivity contribution in [2.45, 2.75) is 31.7 Å². The van der Waals surface area contributed by atoms with Crippen LogP contribution in [-0.2, 0) is 4.79 Å². The molecule has 10 heteroatoms. The van der Waals surface area contributed by atoms with Crippen molar-refractivity contribution in [2.24, 2.45) is 5.92 Å². The number of pyridine rings is 2. The first-order valence-corrected chi connectivity index (χ1v) is 11.1. The van der Waals surface area contributed by atoms with E-state index in [2.05, 4.69) is 39.6 Å². The summed E-state index contributed by atoms with van der Waals surface area (Å²) in [6.07, 6.45) is 4.86. The number of fused-ring (bicyclic) bond motifs is 1. The Morgan fingerprint density at radius 2 is 1.88 bits per heavy atom. The maximum Gasteiger partial charge on any atom is 0.294 e. The second-order valence-corrected chi connectivity index (χ2v) is 8.72. The molecule has 1 fully saturated rings. The van der Waals surface area contributed by atoms with Crippen molar-refractivity contribution in [2.75, 3.05) is 31.8 Å². The van der Waals surface area contributed by atoms with Gasteiger partial charge in [0.1, 0.15) is 17.0 Å². The van der Waals surface area contributed by atoms with Gasteiger partial charge in [-0.1, -0.05) is 11.6 Å². The van der Waals surface area contributed by atoms with Crippen molar-refractivity contribution in [3.63, 3.8) is 0 Å². The number of aromatic nitrogens is 2. The zero-order valence-electron chi connectivity index (χ0n) is 18.7. The van der Waals surface area contributed by atoms with Gasteiger partial charge in [0.15, 0.2) is 5.58 Å². The van der Waals surface area contributed by atoms with Gasteiger partial charge in [0, 0.05) is 24.2 Å². The highest BCUT2D eigenvalue weighted by Gasteiger charge is 2.30. The van der Waals surface area contributed by atoms with Gasteiger partial charge < -0.3 is 24.7 Å². The van der Waals surface area contributed by atoms with Gasteiger partial charge in [-0.2, -0.15) is 0 Å². The fraction of sp³-hybridized carbons (Fsp3) is 0.391. The highest BCUT2D eigenvalue weighted by molar-refractivity contribution is 6.30. The van der Waals surface area contributed by atoms with Crippen molar-refractivity contribution in [3.8, 4) is 5.88 Å². The van der Waals surface area contributed by atoms with E-state index in [-0.39, 0.29) is 23.3 Å². The van der Waals surface area contributed by atoms with Gasteiger partial charge in [-0.3, -0.25) is 9.59 Å². The van der Waals surface area contributed by atoms with Crippen LogP contribution in [0.15, 0.2) is 34.9 Å². The first-order valence-electron chi connectivity index (χ1n) is 10.7. The number of furan rings is 1. The molecule has 0 unspecified atom stereocenters. The fourth-order valence-electron chi connectivity index (χ4n) is 4.05. The second-order valence-electron chi connectivity index (χ2n) is 8.28. The van der Waals surface area contributed by atoms with Crippen LogP contribution in [-0.4, -0.2) is 53.9 Å². The Balaban J connectivity index is 1.61.